The maximum Gasteiger partial charge on any atom is 0.407 e. The summed E-state index contributed by atoms with van der Waals surface area (Å²) in [4.78, 5) is 25.5. The van der Waals surface area contributed by atoms with Gasteiger partial charge in [0.2, 0.25) is 0 Å². The molecule has 0 spiro atoms. The number of anilines is 1. The van der Waals surface area contributed by atoms with Gasteiger partial charge in [0.15, 0.2) is 0 Å². The molecule has 1 aromatic heterocycles. The zero-order valence-corrected chi connectivity index (χ0v) is 17.6. The number of piperidine rings is 1. The van der Waals surface area contributed by atoms with Gasteiger partial charge >= 0.3 is 6.09 Å². The van der Waals surface area contributed by atoms with Gasteiger partial charge in [-0.15, -0.1) is 0 Å². The summed E-state index contributed by atoms with van der Waals surface area (Å²) in [5.74, 6) is 0.0167. The molecule has 1 aliphatic rings. The Labute approximate surface area is 180 Å². The Morgan fingerprint density at radius 1 is 1.19 bits per heavy atom. The van der Waals surface area contributed by atoms with Crippen molar-refractivity contribution in [2.45, 2.75) is 25.7 Å². The monoisotopic (exact) mass is 416 g/mol. The summed E-state index contributed by atoms with van der Waals surface area (Å²) >= 11 is 0. The third-order valence-electron chi connectivity index (χ3n) is 6.15. The number of carbonyl (C=O) groups excluding carboxylic acids is 1. The second-order valence-corrected chi connectivity index (χ2v) is 8.02. The van der Waals surface area contributed by atoms with Crippen molar-refractivity contribution in [1.29, 1.82) is 5.26 Å². The number of hydrogen-bond acceptors (Lipinski definition) is 3. The lowest BCUT2D eigenvalue weighted by Gasteiger charge is -2.30. The highest BCUT2D eigenvalue weighted by atomic mass is 16.4. The molecule has 7 heteroatoms. The van der Waals surface area contributed by atoms with Crippen molar-refractivity contribution in [2.24, 2.45) is 7.05 Å². The van der Waals surface area contributed by atoms with Crippen molar-refractivity contribution in [1.82, 2.24) is 9.47 Å². The van der Waals surface area contributed by atoms with Gasteiger partial charge in [-0.1, -0.05) is 6.07 Å². The molecule has 1 saturated heterocycles. The van der Waals surface area contributed by atoms with Crippen molar-refractivity contribution in [2.75, 3.05) is 18.4 Å². The number of carbonyl (C=O) groups is 2. The van der Waals surface area contributed by atoms with Crippen LogP contribution in [0.3, 0.4) is 0 Å². The van der Waals surface area contributed by atoms with Gasteiger partial charge < -0.3 is 19.9 Å². The molecule has 31 heavy (non-hydrogen) atoms. The second-order valence-electron chi connectivity index (χ2n) is 8.02. The van der Waals surface area contributed by atoms with Crippen molar-refractivity contribution in [3.8, 4) is 6.07 Å². The molecule has 7 nitrogen and oxygen atoms in total. The molecule has 2 amide bonds. The molecule has 0 atom stereocenters. The van der Waals surface area contributed by atoms with Crippen LogP contribution in [0, 0.1) is 18.3 Å². The molecule has 3 aromatic rings. The van der Waals surface area contributed by atoms with E-state index in [0.29, 0.717) is 24.2 Å². The summed E-state index contributed by atoms with van der Waals surface area (Å²) < 4.78 is 2.09. The van der Waals surface area contributed by atoms with Crippen LogP contribution in [0.1, 0.15) is 45.8 Å². The molecular formula is C24H24N4O3. The Morgan fingerprint density at radius 2 is 1.94 bits per heavy atom. The summed E-state index contributed by atoms with van der Waals surface area (Å²) in [6.07, 6.45) is 2.82. The summed E-state index contributed by atoms with van der Waals surface area (Å²) in [6.45, 7) is 3.06. The van der Waals surface area contributed by atoms with Crippen LogP contribution in [0.2, 0.25) is 0 Å². The second kappa shape index (κ2) is 8.15. The molecule has 1 fully saturated rings. The summed E-state index contributed by atoms with van der Waals surface area (Å²) in [7, 11) is 2.00. The van der Waals surface area contributed by atoms with E-state index in [2.05, 4.69) is 22.1 Å². The van der Waals surface area contributed by atoms with E-state index in [0.717, 1.165) is 35.0 Å². The van der Waals surface area contributed by atoms with Gasteiger partial charge in [-0.2, -0.15) is 5.26 Å². The minimum Gasteiger partial charge on any atom is -0.465 e. The third kappa shape index (κ3) is 3.84. The third-order valence-corrected chi connectivity index (χ3v) is 6.15. The number of amides is 2. The molecule has 0 saturated carbocycles. The van der Waals surface area contributed by atoms with Crippen molar-refractivity contribution in [3.05, 3.63) is 64.8 Å². The minimum atomic E-state index is -0.863. The first-order valence-corrected chi connectivity index (χ1v) is 10.3. The van der Waals surface area contributed by atoms with Gasteiger partial charge in [-0.3, -0.25) is 4.79 Å². The number of aromatic nitrogens is 1. The molecule has 0 aliphatic carbocycles. The zero-order chi connectivity index (χ0) is 22.1. The number of hydrogen-bond donors (Lipinski definition) is 2. The maximum absolute atomic E-state index is 12.8. The molecule has 2 heterocycles. The topological polar surface area (TPSA) is 98.4 Å². The quantitative estimate of drug-likeness (QED) is 0.658. The van der Waals surface area contributed by atoms with Crippen molar-refractivity contribution >= 4 is 28.6 Å². The largest absolute Gasteiger partial charge is 0.465 e. The van der Waals surface area contributed by atoms with Crippen LogP contribution < -0.4 is 5.32 Å². The molecule has 4 rings (SSSR count). The number of fused-ring (bicyclic) bond motifs is 1. The minimum absolute atomic E-state index is 0.258. The van der Waals surface area contributed by atoms with E-state index in [9.17, 15) is 14.7 Å². The van der Waals surface area contributed by atoms with Crippen molar-refractivity contribution < 1.29 is 14.7 Å². The smallest absolute Gasteiger partial charge is 0.407 e. The van der Waals surface area contributed by atoms with Gasteiger partial charge in [0.05, 0.1) is 11.6 Å². The average Bonchev–Trinajstić information content (AvgIpc) is 3.12. The van der Waals surface area contributed by atoms with Gasteiger partial charge in [0, 0.05) is 48.5 Å². The first-order chi connectivity index (χ1) is 14.9. The van der Waals surface area contributed by atoms with E-state index in [1.54, 1.807) is 24.3 Å². The lowest BCUT2D eigenvalue weighted by Crippen LogP contribution is -2.36. The van der Waals surface area contributed by atoms with Crippen LogP contribution >= 0.6 is 0 Å². The molecule has 1 aliphatic heterocycles. The SMILES string of the molecule is Cc1c(NC(=O)c2cccc(C#N)c2)ccc2c1c(C1CCN(C(=O)O)CC1)cn2C. The van der Waals surface area contributed by atoms with Crippen LogP contribution in [0.25, 0.3) is 10.9 Å². The molecule has 2 N–H and O–H groups in total. The van der Waals surface area contributed by atoms with Crippen LogP contribution in [0.15, 0.2) is 42.6 Å². The lowest BCUT2D eigenvalue weighted by atomic mass is 9.88. The number of rotatable bonds is 3. The number of carboxylic acid groups (broad SMARTS) is 1. The Bertz CT molecular complexity index is 1210. The zero-order valence-electron chi connectivity index (χ0n) is 17.6. The maximum atomic E-state index is 12.8. The predicted molar refractivity (Wildman–Crippen MR) is 118 cm³/mol. The number of benzene rings is 2. The first-order valence-electron chi connectivity index (χ1n) is 10.3. The molecule has 0 bridgehead atoms. The van der Waals surface area contributed by atoms with Gasteiger partial charge in [0.1, 0.15) is 0 Å². The molecule has 158 valence electrons. The Morgan fingerprint density at radius 3 is 2.61 bits per heavy atom. The van der Waals surface area contributed by atoms with Crippen LogP contribution in [-0.2, 0) is 7.05 Å². The van der Waals surface area contributed by atoms with Crippen LogP contribution in [0.5, 0.6) is 0 Å². The summed E-state index contributed by atoms with van der Waals surface area (Å²) in [5.41, 5.74) is 4.87. The normalized spacial score (nSPS) is 14.4. The number of aryl methyl sites for hydroxylation is 2. The first kappa shape index (κ1) is 20.5. The number of nitrogens with one attached hydrogen (secondary N) is 1. The van der Waals surface area contributed by atoms with E-state index in [1.807, 2.05) is 26.1 Å². The number of nitrogens with zero attached hydrogens (tertiary/aromatic N) is 3. The van der Waals surface area contributed by atoms with E-state index in [4.69, 9.17) is 5.26 Å². The van der Waals surface area contributed by atoms with Crippen LogP contribution in [0.4, 0.5) is 10.5 Å². The molecular weight excluding hydrogens is 392 g/mol. The Balaban J connectivity index is 1.65. The standard InChI is InChI=1S/C24H24N4O3/c1-15-20(26-23(29)18-5-3-4-16(12-18)13-25)6-7-21-22(15)19(14-27(21)2)17-8-10-28(11-9-17)24(30)31/h3-7,12,14,17H,8-11H2,1-2H3,(H,26,29)(H,30,31). The van der Waals surface area contributed by atoms with Gasteiger partial charge in [-0.25, -0.2) is 4.79 Å². The fourth-order valence-electron chi connectivity index (χ4n) is 4.45. The lowest BCUT2D eigenvalue weighted by molar-refractivity contribution is 0.102. The molecule has 0 unspecified atom stereocenters. The number of nitriles is 1. The highest BCUT2D eigenvalue weighted by Gasteiger charge is 2.26. The number of likely N-dealkylation sites (tertiary alicyclic amines) is 1. The molecule has 0 radical (unpaired) electrons. The summed E-state index contributed by atoms with van der Waals surface area (Å²) in [6, 6.07) is 12.6. The Kier molecular flexibility index (Phi) is 5.38. The molecule has 2 aromatic carbocycles. The highest BCUT2D eigenvalue weighted by Crippen LogP contribution is 2.38. The van der Waals surface area contributed by atoms with Gasteiger partial charge in [-0.05, 0) is 67.1 Å². The van der Waals surface area contributed by atoms with Gasteiger partial charge in [0.25, 0.3) is 5.91 Å². The van der Waals surface area contributed by atoms with Crippen molar-refractivity contribution in [3.63, 3.8) is 0 Å². The average molecular weight is 416 g/mol. The van der Waals surface area contributed by atoms with E-state index < -0.39 is 6.09 Å². The predicted octanol–water partition coefficient (Wildman–Crippen LogP) is 4.47. The van der Waals surface area contributed by atoms with E-state index in [-0.39, 0.29) is 11.8 Å². The van der Waals surface area contributed by atoms with Crippen LogP contribution in [-0.4, -0.2) is 39.7 Å². The highest BCUT2D eigenvalue weighted by molar-refractivity contribution is 6.06. The summed E-state index contributed by atoms with van der Waals surface area (Å²) in [5, 5.41) is 22.4. The van der Waals surface area contributed by atoms with E-state index in [1.165, 1.54) is 10.5 Å². The Hall–Kier alpha value is -3.79. The van der Waals surface area contributed by atoms with E-state index >= 15 is 0 Å². The fourth-order valence-corrected chi connectivity index (χ4v) is 4.45. The fraction of sp³-hybridized carbons (Fsp3) is 0.292.